The van der Waals surface area contributed by atoms with Crippen LogP contribution >= 0.6 is 0 Å². The fourth-order valence-corrected chi connectivity index (χ4v) is 3.33. The molecule has 0 spiro atoms. The minimum absolute atomic E-state index is 0.0250. The Hall–Kier alpha value is -3.43. The van der Waals surface area contributed by atoms with Crippen LogP contribution in [0.25, 0.3) is 21.5 Å². The van der Waals surface area contributed by atoms with Crippen LogP contribution in [-0.2, 0) is 4.74 Å². The predicted molar refractivity (Wildman–Crippen MR) is 91.0 cm³/mol. The third-order valence-electron chi connectivity index (χ3n) is 4.43. The average molecular weight is 372 g/mol. The summed E-state index contributed by atoms with van der Waals surface area (Å²) in [5.74, 6) is -0.253. The summed E-state index contributed by atoms with van der Waals surface area (Å²) in [7, 11) is 2.59. The number of hydrogen-bond donors (Lipinski definition) is 2. The number of methoxy groups -OCH3 is 2. The smallest absolute Gasteiger partial charge is 0.338 e. The first-order chi connectivity index (χ1) is 13.0. The number of benzene rings is 3. The van der Waals surface area contributed by atoms with Crippen LogP contribution in [0, 0.1) is 0 Å². The van der Waals surface area contributed by atoms with Crippen LogP contribution in [0.2, 0.25) is 0 Å². The minimum Gasteiger partial charge on any atom is -0.872 e. The molecular formula is C18H14NO8-. The number of carbonyl (C=O) groups is 1. The van der Waals surface area contributed by atoms with E-state index in [-0.39, 0.29) is 51.7 Å². The zero-order valence-corrected chi connectivity index (χ0v) is 14.3. The first kappa shape index (κ1) is 17.0. The van der Waals surface area contributed by atoms with Gasteiger partial charge in [0.05, 0.1) is 19.8 Å². The number of anilines is 1. The van der Waals surface area contributed by atoms with Crippen LogP contribution in [0.1, 0.15) is 10.4 Å². The van der Waals surface area contributed by atoms with E-state index < -0.39 is 5.97 Å². The zero-order valence-electron chi connectivity index (χ0n) is 14.3. The Morgan fingerprint density at radius 2 is 1.89 bits per heavy atom. The van der Waals surface area contributed by atoms with Gasteiger partial charge < -0.3 is 24.1 Å². The lowest BCUT2D eigenvalue weighted by Gasteiger charge is -2.20. The lowest BCUT2D eigenvalue weighted by Crippen LogP contribution is -2.13. The van der Waals surface area contributed by atoms with Gasteiger partial charge >= 0.3 is 5.97 Å². The highest BCUT2D eigenvalue weighted by molar-refractivity contribution is 6.23. The largest absolute Gasteiger partial charge is 0.872 e. The molecule has 2 N–H and O–H groups in total. The Labute approximate surface area is 152 Å². The quantitative estimate of drug-likeness (QED) is 0.405. The Morgan fingerprint density at radius 3 is 2.56 bits per heavy atom. The highest BCUT2D eigenvalue weighted by Gasteiger charge is 2.28. The number of rotatable bonds is 3. The van der Waals surface area contributed by atoms with E-state index in [0.717, 1.165) is 0 Å². The summed E-state index contributed by atoms with van der Waals surface area (Å²) in [6, 6.07) is 5.42. The lowest BCUT2D eigenvalue weighted by atomic mass is 9.94. The molecule has 140 valence electrons. The van der Waals surface area contributed by atoms with Gasteiger partial charge in [0.2, 0.25) is 6.79 Å². The van der Waals surface area contributed by atoms with Crippen molar-refractivity contribution >= 4 is 33.2 Å². The summed E-state index contributed by atoms with van der Waals surface area (Å²) < 4.78 is 21.0. The molecule has 4 rings (SSSR count). The number of esters is 1. The first-order valence-electron chi connectivity index (χ1n) is 7.80. The van der Waals surface area contributed by atoms with Crippen molar-refractivity contribution in [2.75, 3.05) is 26.2 Å². The molecule has 0 radical (unpaired) electrons. The summed E-state index contributed by atoms with van der Waals surface area (Å²) in [5.41, 5.74) is -0.0924. The fraction of sp³-hybridized carbons (Fsp3) is 0.167. The Morgan fingerprint density at radius 1 is 1.11 bits per heavy atom. The topological polar surface area (TPSA) is 121 Å². The maximum Gasteiger partial charge on any atom is 0.338 e. The molecule has 0 bridgehead atoms. The monoisotopic (exact) mass is 372 g/mol. The van der Waals surface area contributed by atoms with E-state index in [4.69, 9.17) is 18.9 Å². The van der Waals surface area contributed by atoms with Crippen molar-refractivity contribution in [3.05, 3.63) is 29.8 Å². The molecule has 0 unspecified atom stereocenters. The molecule has 3 aromatic rings. The van der Waals surface area contributed by atoms with E-state index in [9.17, 15) is 20.3 Å². The van der Waals surface area contributed by atoms with Gasteiger partial charge in [0.25, 0.3) is 0 Å². The highest BCUT2D eigenvalue weighted by Crippen LogP contribution is 2.49. The third-order valence-corrected chi connectivity index (χ3v) is 4.43. The van der Waals surface area contributed by atoms with Crippen molar-refractivity contribution in [1.29, 1.82) is 0 Å². The molecule has 9 heteroatoms. The number of hydrogen-bond acceptors (Lipinski definition) is 9. The second-order valence-electron chi connectivity index (χ2n) is 5.81. The van der Waals surface area contributed by atoms with Crippen molar-refractivity contribution < 1.29 is 39.3 Å². The van der Waals surface area contributed by atoms with Crippen LogP contribution in [0.4, 0.5) is 5.69 Å². The van der Waals surface area contributed by atoms with Crippen molar-refractivity contribution in [2.45, 2.75) is 0 Å². The third kappa shape index (κ3) is 2.44. The maximum atomic E-state index is 12.3. The first-order valence-corrected chi connectivity index (χ1v) is 7.80. The van der Waals surface area contributed by atoms with Gasteiger partial charge in [-0.2, -0.15) is 0 Å². The summed E-state index contributed by atoms with van der Waals surface area (Å²) in [6.07, 6.45) is 0. The van der Waals surface area contributed by atoms with E-state index in [0.29, 0.717) is 16.2 Å². The Balaban J connectivity index is 2.31. The fourth-order valence-electron chi connectivity index (χ4n) is 3.33. The lowest BCUT2D eigenvalue weighted by molar-refractivity contribution is -0.268. The van der Waals surface area contributed by atoms with Crippen LogP contribution in [-0.4, -0.2) is 37.4 Å². The molecule has 0 fully saturated rings. The molecule has 0 aromatic heterocycles. The number of carbonyl (C=O) groups excluding carboxylic acids is 1. The summed E-state index contributed by atoms with van der Waals surface area (Å²) in [4.78, 5) is 12.3. The average Bonchev–Trinajstić information content (AvgIpc) is 3.13. The number of nitrogens with zero attached hydrogens (tertiary/aromatic N) is 1. The van der Waals surface area contributed by atoms with Crippen molar-refractivity contribution in [3.63, 3.8) is 0 Å². The van der Waals surface area contributed by atoms with Crippen molar-refractivity contribution in [1.82, 2.24) is 0 Å². The maximum absolute atomic E-state index is 12.3. The molecular weight excluding hydrogens is 358 g/mol. The highest BCUT2D eigenvalue weighted by atomic mass is 16.8. The SMILES string of the molecule is COC(=O)c1cc2c(c3c1c(N(O)O)cc1c(OC)cc([O-])cc13)OCO2. The van der Waals surface area contributed by atoms with Crippen LogP contribution in [0.15, 0.2) is 24.3 Å². The van der Waals surface area contributed by atoms with Gasteiger partial charge in [-0.25, -0.2) is 4.79 Å². The Kier molecular flexibility index (Phi) is 3.83. The van der Waals surface area contributed by atoms with Crippen LogP contribution in [0.3, 0.4) is 0 Å². The molecule has 1 aliphatic rings. The Bertz CT molecular complexity index is 1090. The predicted octanol–water partition coefficient (Wildman–Crippen LogP) is 2.18. The molecule has 0 saturated carbocycles. The van der Waals surface area contributed by atoms with Crippen molar-refractivity contribution in [2.24, 2.45) is 0 Å². The molecule has 0 aliphatic carbocycles. The summed E-state index contributed by atoms with van der Waals surface area (Å²) in [5, 5.41) is 32.9. The van der Waals surface area contributed by atoms with E-state index in [1.165, 1.54) is 38.5 Å². The van der Waals surface area contributed by atoms with Gasteiger partial charge in [-0.15, -0.1) is 11.0 Å². The molecule has 9 nitrogen and oxygen atoms in total. The van der Waals surface area contributed by atoms with Gasteiger partial charge in [-0.3, -0.25) is 10.4 Å². The second-order valence-corrected chi connectivity index (χ2v) is 5.81. The second kappa shape index (κ2) is 6.08. The van der Waals surface area contributed by atoms with Gasteiger partial charge in [0, 0.05) is 16.2 Å². The van der Waals surface area contributed by atoms with Crippen LogP contribution in [0.5, 0.6) is 23.0 Å². The van der Waals surface area contributed by atoms with E-state index in [1.807, 2.05) is 0 Å². The number of ether oxygens (including phenoxy) is 4. The minimum atomic E-state index is -0.717. The molecule has 1 aliphatic heterocycles. The molecule has 3 aromatic carbocycles. The molecule has 0 atom stereocenters. The standard InChI is InChI=1S/C18H15NO8/c1-24-13-4-8(20)3-10-9(13)5-12(19(22)23)15-11(18(21)25-2)6-14-17(16(10)15)27-7-26-14/h3-6,20,22-23H,7H2,1-2H3/p-1. The van der Waals surface area contributed by atoms with Gasteiger partial charge in [0.15, 0.2) is 11.5 Å². The summed E-state index contributed by atoms with van der Waals surface area (Å²) in [6.45, 7) is -0.0864. The normalized spacial score (nSPS) is 12.4. The van der Waals surface area contributed by atoms with E-state index in [1.54, 1.807) is 0 Å². The molecule has 0 saturated heterocycles. The molecule has 0 amide bonds. The molecule has 1 heterocycles. The van der Waals surface area contributed by atoms with Gasteiger partial charge in [-0.05, 0) is 23.6 Å². The van der Waals surface area contributed by atoms with E-state index in [2.05, 4.69) is 0 Å². The van der Waals surface area contributed by atoms with Gasteiger partial charge in [-0.1, -0.05) is 6.07 Å². The van der Waals surface area contributed by atoms with E-state index >= 15 is 0 Å². The number of fused-ring (bicyclic) bond motifs is 5. The van der Waals surface area contributed by atoms with Gasteiger partial charge in [0.1, 0.15) is 11.4 Å². The van der Waals surface area contributed by atoms with Crippen LogP contribution < -0.4 is 24.5 Å². The molecule has 27 heavy (non-hydrogen) atoms. The summed E-state index contributed by atoms with van der Waals surface area (Å²) >= 11 is 0. The zero-order chi connectivity index (χ0) is 19.3. The van der Waals surface area contributed by atoms with Crippen molar-refractivity contribution in [3.8, 4) is 23.0 Å².